The van der Waals surface area contributed by atoms with Crippen LogP contribution in [0.5, 0.6) is 0 Å². The second-order valence-corrected chi connectivity index (χ2v) is 3.83. The molecular formula is C14H20ClNO2. The molecule has 1 aromatic rings. The summed E-state index contributed by atoms with van der Waals surface area (Å²) in [7, 11) is 1.54. The van der Waals surface area contributed by atoms with Gasteiger partial charge in [0.15, 0.2) is 0 Å². The van der Waals surface area contributed by atoms with Crippen molar-refractivity contribution in [1.29, 1.82) is 0 Å². The highest BCUT2D eigenvalue weighted by Gasteiger charge is 2.15. The topological polar surface area (TPSA) is 46.2 Å². The van der Waals surface area contributed by atoms with Crippen molar-refractivity contribution in [3.63, 3.8) is 0 Å². The lowest BCUT2D eigenvalue weighted by atomic mass is 10.0. The van der Waals surface area contributed by atoms with Crippen LogP contribution in [0.25, 0.3) is 0 Å². The zero-order valence-corrected chi connectivity index (χ0v) is 12.1. The molecule has 1 amide bonds. The van der Waals surface area contributed by atoms with Crippen LogP contribution in [0.15, 0.2) is 18.2 Å². The molecule has 0 fully saturated rings. The number of halogens is 1. The lowest BCUT2D eigenvalue weighted by Crippen LogP contribution is -2.21. The van der Waals surface area contributed by atoms with E-state index in [2.05, 4.69) is 5.32 Å². The highest BCUT2D eigenvalue weighted by atomic mass is 35.5. The quantitative estimate of drug-likeness (QED) is 0.912. The normalized spacial score (nSPS) is 9.17. The third-order valence-corrected chi connectivity index (χ3v) is 2.65. The summed E-state index contributed by atoms with van der Waals surface area (Å²) in [5.41, 5.74) is 1.08. The predicted molar refractivity (Wildman–Crippen MR) is 75.2 cm³/mol. The Kier molecular flexibility index (Phi) is 8.05. The van der Waals surface area contributed by atoms with E-state index in [1.54, 1.807) is 25.1 Å². The van der Waals surface area contributed by atoms with E-state index >= 15 is 0 Å². The maximum absolute atomic E-state index is 11.6. The molecule has 0 aliphatic heterocycles. The van der Waals surface area contributed by atoms with Crippen molar-refractivity contribution in [2.24, 2.45) is 0 Å². The molecule has 18 heavy (non-hydrogen) atoms. The first-order valence-corrected chi connectivity index (χ1v) is 6.49. The van der Waals surface area contributed by atoms with Crippen LogP contribution in [0.3, 0.4) is 0 Å². The summed E-state index contributed by atoms with van der Waals surface area (Å²) in [4.78, 5) is 23.0. The number of benzene rings is 1. The molecule has 1 aromatic carbocycles. The monoisotopic (exact) mass is 269 g/mol. The van der Waals surface area contributed by atoms with Gasteiger partial charge in [0.2, 0.25) is 0 Å². The Morgan fingerprint density at radius 3 is 2.39 bits per heavy atom. The molecule has 0 spiro atoms. The number of hydrogen-bond acceptors (Lipinski definition) is 2. The van der Waals surface area contributed by atoms with Crippen LogP contribution in [0.2, 0.25) is 5.02 Å². The van der Waals surface area contributed by atoms with Crippen molar-refractivity contribution < 1.29 is 9.59 Å². The zero-order chi connectivity index (χ0) is 14.1. The van der Waals surface area contributed by atoms with Crippen molar-refractivity contribution in [3.8, 4) is 0 Å². The van der Waals surface area contributed by atoms with E-state index in [4.69, 9.17) is 11.6 Å². The summed E-state index contributed by atoms with van der Waals surface area (Å²) in [6.45, 7) is 5.80. The van der Waals surface area contributed by atoms with Gasteiger partial charge in [-0.25, -0.2) is 0 Å². The van der Waals surface area contributed by atoms with Crippen LogP contribution in [0.1, 0.15) is 43.1 Å². The molecule has 0 heterocycles. The first kappa shape index (κ1) is 16.6. The van der Waals surface area contributed by atoms with E-state index in [1.165, 1.54) is 7.05 Å². The minimum absolute atomic E-state index is 0.0902. The van der Waals surface area contributed by atoms with Crippen LogP contribution in [-0.4, -0.2) is 18.7 Å². The molecule has 3 nitrogen and oxygen atoms in total. The fourth-order valence-corrected chi connectivity index (χ4v) is 1.71. The van der Waals surface area contributed by atoms with Crippen molar-refractivity contribution in [2.75, 3.05) is 7.05 Å². The fraction of sp³-hybridized carbons (Fsp3) is 0.429. The molecule has 0 aliphatic rings. The van der Waals surface area contributed by atoms with Crippen molar-refractivity contribution in [3.05, 3.63) is 34.3 Å². The van der Waals surface area contributed by atoms with Crippen LogP contribution in [-0.2, 0) is 11.2 Å². The third-order valence-electron chi connectivity index (χ3n) is 2.34. The van der Waals surface area contributed by atoms with E-state index in [0.717, 1.165) is 0 Å². The average Bonchev–Trinajstić information content (AvgIpc) is 2.40. The smallest absolute Gasteiger partial charge is 0.252 e. The molecule has 100 valence electrons. The van der Waals surface area contributed by atoms with Crippen LogP contribution < -0.4 is 5.32 Å². The Morgan fingerprint density at radius 1 is 1.28 bits per heavy atom. The summed E-state index contributed by atoms with van der Waals surface area (Å²) in [6.07, 6.45) is 0.708. The minimum atomic E-state index is -0.260. The highest BCUT2D eigenvalue weighted by molar-refractivity contribution is 6.34. The Balaban J connectivity index is 0.00000137. The van der Waals surface area contributed by atoms with Gasteiger partial charge >= 0.3 is 0 Å². The van der Waals surface area contributed by atoms with E-state index in [0.29, 0.717) is 22.6 Å². The maximum Gasteiger partial charge on any atom is 0.252 e. The number of ketones is 1. The summed E-state index contributed by atoms with van der Waals surface area (Å²) in [6, 6.07) is 5.14. The summed E-state index contributed by atoms with van der Waals surface area (Å²) in [5.74, 6) is -0.170. The average molecular weight is 270 g/mol. The van der Waals surface area contributed by atoms with Gasteiger partial charge in [-0.05, 0) is 11.6 Å². The summed E-state index contributed by atoms with van der Waals surface area (Å²) in [5, 5.41) is 2.89. The molecule has 0 radical (unpaired) electrons. The van der Waals surface area contributed by atoms with Crippen molar-refractivity contribution in [1.82, 2.24) is 5.32 Å². The lowest BCUT2D eigenvalue weighted by Gasteiger charge is -2.09. The van der Waals surface area contributed by atoms with Crippen molar-refractivity contribution >= 4 is 23.3 Å². The summed E-state index contributed by atoms with van der Waals surface area (Å²) >= 11 is 5.96. The van der Waals surface area contributed by atoms with E-state index in [-0.39, 0.29) is 18.1 Å². The standard InChI is InChI=1S/C12H14ClNO2.C2H6/c1-3-9(15)7-8-5-4-6-10(13)11(8)12(16)14-2;1-2/h4-6H,3,7H2,1-2H3,(H,14,16);1-2H3. The number of hydrogen-bond donors (Lipinski definition) is 1. The Labute approximate surface area is 114 Å². The molecule has 0 unspecified atom stereocenters. The molecule has 1 N–H and O–H groups in total. The van der Waals surface area contributed by atoms with Gasteiger partial charge in [-0.3, -0.25) is 9.59 Å². The van der Waals surface area contributed by atoms with Crippen LogP contribution in [0, 0.1) is 0 Å². The first-order valence-electron chi connectivity index (χ1n) is 6.11. The van der Waals surface area contributed by atoms with Crippen molar-refractivity contribution in [2.45, 2.75) is 33.6 Å². The lowest BCUT2D eigenvalue weighted by molar-refractivity contribution is -0.118. The molecule has 4 heteroatoms. The largest absolute Gasteiger partial charge is 0.355 e. The highest BCUT2D eigenvalue weighted by Crippen LogP contribution is 2.20. The Morgan fingerprint density at radius 2 is 1.89 bits per heavy atom. The Bertz CT molecular complexity index is 416. The van der Waals surface area contributed by atoms with Gasteiger partial charge in [0.05, 0.1) is 10.6 Å². The van der Waals surface area contributed by atoms with Gasteiger partial charge in [0.25, 0.3) is 5.91 Å². The van der Waals surface area contributed by atoms with E-state index in [1.807, 2.05) is 13.8 Å². The van der Waals surface area contributed by atoms with E-state index in [9.17, 15) is 9.59 Å². The molecular weight excluding hydrogens is 250 g/mol. The van der Waals surface area contributed by atoms with Crippen LogP contribution >= 0.6 is 11.6 Å². The summed E-state index contributed by atoms with van der Waals surface area (Å²) < 4.78 is 0. The van der Waals surface area contributed by atoms with Gasteiger partial charge in [-0.2, -0.15) is 0 Å². The first-order chi connectivity index (χ1) is 8.60. The zero-order valence-electron chi connectivity index (χ0n) is 11.3. The molecule has 0 aliphatic carbocycles. The van der Waals surface area contributed by atoms with Gasteiger partial charge < -0.3 is 5.32 Å². The second-order valence-electron chi connectivity index (χ2n) is 3.42. The molecule has 0 aromatic heterocycles. The van der Waals surface area contributed by atoms with Gasteiger partial charge in [0, 0.05) is 19.9 Å². The molecule has 0 atom stereocenters. The maximum atomic E-state index is 11.6. The molecule has 0 bridgehead atoms. The SMILES string of the molecule is CC.CCC(=O)Cc1cccc(Cl)c1C(=O)NC. The van der Waals surface area contributed by atoms with Gasteiger partial charge in [-0.15, -0.1) is 0 Å². The molecule has 0 saturated heterocycles. The minimum Gasteiger partial charge on any atom is -0.355 e. The number of Topliss-reactive ketones (excluding diaryl/α,β-unsaturated/α-hetero) is 1. The van der Waals surface area contributed by atoms with Gasteiger partial charge in [0.1, 0.15) is 5.78 Å². The number of amides is 1. The number of nitrogens with one attached hydrogen (secondary N) is 1. The van der Waals surface area contributed by atoms with Crippen LogP contribution in [0.4, 0.5) is 0 Å². The molecule has 1 rings (SSSR count). The second kappa shape index (κ2) is 8.70. The predicted octanol–water partition coefficient (Wildman–Crippen LogP) is 3.25. The number of carbonyl (C=O) groups is 2. The fourth-order valence-electron chi connectivity index (χ4n) is 1.43. The third kappa shape index (κ3) is 4.49. The van der Waals surface area contributed by atoms with E-state index < -0.39 is 0 Å². The van der Waals surface area contributed by atoms with Gasteiger partial charge in [-0.1, -0.05) is 44.5 Å². The molecule has 0 saturated carbocycles. The number of rotatable bonds is 4. The Hall–Kier alpha value is -1.35. The number of carbonyl (C=O) groups excluding carboxylic acids is 2.